The molecule has 2 atom stereocenters. The summed E-state index contributed by atoms with van der Waals surface area (Å²) in [5.41, 5.74) is 5.63. The zero-order valence-corrected chi connectivity index (χ0v) is 8.88. The van der Waals surface area contributed by atoms with Gasteiger partial charge in [-0.25, -0.2) is 0 Å². The molecule has 80 valence electrons. The average Bonchev–Trinajstić information content (AvgIpc) is 2.19. The van der Waals surface area contributed by atoms with Gasteiger partial charge in [0.25, 0.3) is 0 Å². The lowest BCUT2D eigenvalue weighted by Gasteiger charge is -2.37. The SMILES string of the molecule is C=CCNC(=O)C1(C)CCCCC1N. The third-order valence-corrected chi connectivity index (χ3v) is 3.21. The van der Waals surface area contributed by atoms with Gasteiger partial charge in [-0.2, -0.15) is 0 Å². The largest absolute Gasteiger partial charge is 0.352 e. The minimum absolute atomic E-state index is 0.000986. The highest BCUT2D eigenvalue weighted by molar-refractivity contribution is 5.83. The Bertz CT molecular complexity index is 227. The Labute approximate surface area is 85.7 Å². The van der Waals surface area contributed by atoms with Crippen LogP contribution in [-0.4, -0.2) is 18.5 Å². The van der Waals surface area contributed by atoms with E-state index in [1.807, 2.05) is 6.92 Å². The maximum Gasteiger partial charge on any atom is 0.227 e. The summed E-state index contributed by atoms with van der Waals surface area (Å²) in [7, 11) is 0. The predicted molar refractivity (Wildman–Crippen MR) is 57.8 cm³/mol. The smallest absolute Gasteiger partial charge is 0.227 e. The Kier molecular flexibility index (Phi) is 3.69. The summed E-state index contributed by atoms with van der Waals surface area (Å²) in [6, 6.07) is 0.000986. The van der Waals surface area contributed by atoms with E-state index in [1.54, 1.807) is 6.08 Å². The quantitative estimate of drug-likeness (QED) is 0.666. The van der Waals surface area contributed by atoms with Crippen LogP contribution in [0.3, 0.4) is 0 Å². The molecule has 0 saturated heterocycles. The van der Waals surface area contributed by atoms with E-state index in [2.05, 4.69) is 11.9 Å². The number of rotatable bonds is 3. The van der Waals surface area contributed by atoms with Gasteiger partial charge in [0.1, 0.15) is 0 Å². The first-order valence-corrected chi connectivity index (χ1v) is 5.26. The molecule has 0 spiro atoms. The second kappa shape index (κ2) is 4.60. The van der Waals surface area contributed by atoms with Crippen LogP contribution in [0.5, 0.6) is 0 Å². The summed E-state index contributed by atoms with van der Waals surface area (Å²) in [5.74, 6) is 0.0737. The Morgan fingerprint density at radius 2 is 2.43 bits per heavy atom. The monoisotopic (exact) mass is 196 g/mol. The molecule has 1 fully saturated rings. The van der Waals surface area contributed by atoms with Crippen LogP contribution < -0.4 is 11.1 Å². The average molecular weight is 196 g/mol. The van der Waals surface area contributed by atoms with Crippen molar-refractivity contribution in [3.8, 4) is 0 Å². The van der Waals surface area contributed by atoms with Crippen LogP contribution in [0.2, 0.25) is 0 Å². The lowest BCUT2D eigenvalue weighted by atomic mass is 9.71. The molecular formula is C11H20N2O. The van der Waals surface area contributed by atoms with Crippen LogP contribution in [0.25, 0.3) is 0 Å². The van der Waals surface area contributed by atoms with Crippen molar-refractivity contribution >= 4 is 5.91 Å². The molecule has 0 bridgehead atoms. The molecule has 0 aromatic rings. The molecule has 1 rings (SSSR count). The second-order valence-corrected chi connectivity index (χ2v) is 4.27. The fraction of sp³-hybridized carbons (Fsp3) is 0.727. The number of hydrogen-bond acceptors (Lipinski definition) is 2. The van der Waals surface area contributed by atoms with Crippen molar-refractivity contribution in [2.45, 2.75) is 38.6 Å². The van der Waals surface area contributed by atoms with E-state index < -0.39 is 0 Å². The van der Waals surface area contributed by atoms with Crippen LogP contribution >= 0.6 is 0 Å². The zero-order chi connectivity index (χ0) is 10.6. The molecule has 14 heavy (non-hydrogen) atoms. The van der Waals surface area contributed by atoms with Crippen molar-refractivity contribution in [3.63, 3.8) is 0 Å². The van der Waals surface area contributed by atoms with Crippen molar-refractivity contribution in [2.75, 3.05) is 6.54 Å². The molecule has 3 N–H and O–H groups in total. The van der Waals surface area contributed by atoms with E-state index in [0.717, 1.165) is 25.7 Å². The minimum atomic E-state index is -0.374. The van der Waals surface area contributed by atoms with E-state index in [0.29, 0.717) is 6.54 Å². The van der Waals surface area contributed by atoms with Gasteiger partial charge in [-0.05, 0) is 19.8 Å². The van der Waals surface area contributed by atoms with Gasteiger partial charge >= 0.3 is 0 Å². The summed E-state index contributed by atoms with van der Waals surface area (Å²) in [6.45, 7) is 6.07. The molecule has 1 aliphatic carbocycles. The second-order valence-electron chi connectivity index (χ2n) is 4.27. The lowest BCUT2D eigenvalue weighted by molar-refractivity contribution is -0.132. The maximum atomic E-state index is 11.9. The zero-order valence-electron chi connectivity index (χ0n) is 8.88. The molecule has 0 aliphatic heterocycles. The molecule has 0 aromatic carbocycles. The summed E-state index contributed by atoms with van der Waals surface area (Å²) in [6.07, 6.45) is 5.79. The summed E-state index contributed by atoms with van der Waals surface area (Å²) in [4.78, 5) is 11.9. The van der Waals surface area contributed by atoms with Crippen molar-refractivity contribution in [2.24, 2.45) is 11.1 Å². The first-order valence-electron chi connectivity index (χ1n) is 5.26. The van der Waals surface area contributed by atoms with Crippen molar-refractivity contribution in [1.82, 2.24) is 5.32 Å². The van der Waals surface area contributed by atoms with Crippen molar-refractivity contribution in [3.05, 3.63) is 12.7 Å². The van der Waals surface area contributed by atoms with E-state index in [4.69, 9.17) is 5.73 Å². The number of hydrogen-bond donors (Lipinski definition) is 2. The molecule has 2 unspecified atom stereocenters. The van der Waals surface area contributed by atoms with Gasteiger partial charge in [0.15, 0.2) is 0 Å². The van der Waals surface area contributed by atoms with Gasteiger partial charge in [-0.1, -0.05) is 18.9 Å². The topological polar surface area (TPSA) is 55.1 Å². The van der Waals surface area contributed by atoms with Crippen LogP contribution in [-0.2, 0) is 4.79 Å². The Morgan fingerprint density at radius 3 is 3.00 bits per heavy atom. The normalized spacial score (nSPS) is 32.3. The molecular weight excluding hydrogens is 176 g/mol. The van der Waals surface area contributed by atoms with Gasteiger partial charge in [0.05, 0.1) is 5.41 Å². The first kappa shape index (κ1) is 11.2. The van der Waals surface area contributed by atoms with Crippen molar-refractivity contribution < 1.29 is 4.79 Å². The highest BCUT2D eigenvalue weighted by atomic mass is 16.2. The number of amides is 1. The van der Waals surface area contributed by atoms with Crippen LogP contribution in [0.15, 0.2) is 12.7 Å². The summed E-state index contributed by atoms with van der Waals surface area (Å²) >= 11 is 0. The highest BCUT2D eigenvalue weighted by Crippen LogP contribution is 2.34. The van der Waals surface area contributed by atoms with Gasteiger partial charge in [0.2, 0.25) is 5.91 Å². The van der Waals surface area contributed by atoms with Gasteiger partial charge in [0, 0.05) is 12.6 Å². The van der Waals surface area contributed by atoms with E-state index in [-0.39, 0.29) is 17.4 Å². The molecule has 0 radical (unpaired) electrons. The van der Waals surface area contributed by atoms with Crippen LogP contribution in [0.4, 0.5) is 0 Å². The molecule has 0 heterocycles. The summed E-state index contributed by atoms with van der Waals surface area (Å²) < 4.78 is 0. The molecule has 0 aromatic heterocycles. The molecule has 1 aliphatic rings. The van der Waals surface area contributed by atoms with Crippen LogP contribution in [0.1, 0.15) is 32.6 Å². The summed E-state index contributed by atoms with van der Waals surface area (Å²) in [5, 5.41) is 2.84. The Morgan fingerprint density at radius 1 is 1.71 bits per heavy atom. The number of nitrogens with one attached hydrogen (secondary N) is 1. The number of carbonyl (C=O) groups excluding carboxylic acids is 1. The molecule has 3 heteroatoms. The first-order chi connectivity index (χ1) is 6.61. The third kappa shape index (κ3) is 2.15. The molecule has 1 saturated carbocycles. The van der Waals surface area contributed by atoms with Crippen molar-refractivity contribution in [1.29, 1.82) is 0 Å². The Balaban J connectivity index is 2.61. The maximum absolute atomic E-state index is 11.9. The fourth-order valence-corrected chi connectivity index (χ4v) is 2.01. The van der Waals surface area contributed by atoms with E-state index in [9.17, 15) is 4.79 Å². The highest BCUT2D eigenvalue weighted by Gasteiger charge is 2.40. The fourth-order valence-electron chi connectivity index (χ4n) is 2.01. The van der Waals surface area contributed by atoms with E-state index >= 15 is 0 Å². The van der Waals surface area contributed by atoms with E-state index in [1.165, 1.54) is 0 Å². The van der Waals surface area contributed by atoms with Gasteiger partial charge < -0.3 is 11.1 Å². The third-order valence-electron chi connectivity index (χ3n) is 3.21. The predicted octanol–water partition coefficient (Wildman–Crippen LogP) is 1.20. The Hall–Kier alpha value is -0.830. The minimum Gasteiger partial charge on any atom is -0.352 e. The molecule has 1 amide bonds. The lowest BCUT2D eigenvalue weighted by Crippen LogP contribution is -2.52. The number of carbonyl (C=O) groups is 1. The van der Waals surface area contributed by atoms with Gasteiger partial charge in [-0.15, -0.1) is 6.58 Å². The molecule has 3 nitrogen and oxygen atoms in total. The van der Waals surface area contributed by atoms with Crippen LogP contribution in [0, 0.1) is 5.41 Å². The standard InChI is InChI=1S/C11H20N2O/c1-3-8-13-10(14)11(2)7-5-4-6-9(11)12/h3,9H,1,4-8,12H2,2H3,(H,13,14). The number of nitrogens with two attached hydrogens (primary N) is 1. The van der Waals surface area contributed by atoms with Gasteiger partial charge in [-0.3, -0.25) is 4.79 Å².